The van der Waals surface area contributed by atoms with Crippen LogP contribution < -0.4 is 16.0 Å². The molecule has 2 heterocycles. The molecule has 1 aliphatic carbocycles. The smallest absolute Gasteiger partial charge is 0.337 e. The number of anilines is 2. The van der Waals surface area contributed by atoms with Crippen LogP contribution in [0, 0.1) is 11.3 Å². The summed E-state index contributed by atoms with van der Waals surface area (Å²) >= 11 is 14.4. The van der Waals surface area contributed by atoms with Gasteiger partial charge in [0, 0.05) is 22.7 Å². The number of ether oxygens (including phenoxy) is 1. The van der Waals surface area contributed by atoms with Crippen LogP contribution in [0.15, 0.2) is 69.5 Å². The molecule has 2 aliphatic rings. The number of allylic oxidation sites excluding steroid dienone is 3. The van der Waals surface area contributed by atoms with Gasteiger partial charge >= 0.3 is 5.97 Å². The Labute approximate surface area is 259 Å². The van der Waals surface area contributed by atoms with Gasteiger partial charge in [-0.05, 0) is 48.7 Å². The van der Waals surface area contributed by atoms with Crippen molar-refractivity contribution in [2.24, 2.45) is 5.73 Å². The SMILES string of the molecule is COC(=O)c1ccc(C2C(C#N)=C(N)N(c3nnc(SCC(=O)Nc4ccc(Cl)cc4Cl)s3)C3=C2C(=O)CCC3)cc1. The van der Waals surface area contributed by atoms with Crippen molar-refractivity contribution in [3.05, 3.63) is 86.3 Å². The summed E-state index contributed by atoms with van der Waals surface area (Å²) < 4.78 is 5.28. The number of nitrogens with zero attached hydrogens (tertiary/aromatic N) is 4. The molecule has 5 rings (SSSR count). The molecule has 214 valence electrons. The number of carbonyl (C=O) groups is 3. The van der Waals surface area contributed by atoms with Crippen LogP contribution in [0.3, 0.4) is 0 Å². The lowest BCUT2D eigenvalue weighted by Gasteiger charge is -2.38. The van der Waals surface area contributed by atoms with E-state index in [-0.39, 0.29) is 28.8 Å². The zero-order valence-electron chi connectivity index (χ0n) is 22.0. The summed E-state index contributed by atoms with van der Waals surface area (Å²) in [6, 6.07) is 13.6. The highest BCUT2D eigenvalue weighted by Gasteiger charge is 2.41. The highest BCUT2D eigenvalue weighted by molar-refractivity contribution is 8.01. The van der Waals surface area contributed by atoms with Crippen LogP contribution in [0.25, 0.3) is 0 Å². The van der Waals surface area contributed by atoms with E-state index in [9.17, 15) is 19.6 Å². The Morgan fingerprint density at radius 1 is 1.21 bits per heavy atom. The zero-order valence-corrected chi connectivity index (χ0v) is 25.2. The van der Waals surface area contributed by atoms with Crippen molar-refractivity contribution in [2.75, 3.05) is 23.1 Å². The Hall–Kier alpha value is -3.89. The first-order valence-electron chi connectivity index (χ1n) is 12.6. The summed E-state index contributed by atoms with van der Waals surface area (Å²) in [5, 5.41) is 22.6. The molecule has 42 heavy (non-hydrogen) atoms. The maximum Gasteiger partial charge on any atom is 0.337 e. The van der Waals surface area contributed by atoms with Gasteiger partial charge in [0.05, 0.1) is 46.7 Å². The molecule has 0 bridgehead atoms. The highest BCUT2D eigenvalue weighted by Crippen LogP contribution is 2.47. The molecule has 0 saturated heterocycles. The number of ketones is 1. The van der Waals surface area contributed by atoms with E-state index >= 15 is 0 Å². The Morgan fingerprint density at radius 2 is 1.98 bits per heavy atom. The third kappa shape index (κ3) is 5.87. The van der Waals surface area contributed by atoms with Gasteiger partial charge in [-0.1, -0.05) is 58.4 Å². The largest absolute Gasteiger partial charge is 0.465 e. The second kappa shape index (κ2) is 12.5. The number of Topliss-reactive ketones (excluding diaryl/α,β-unsaturated/α-hetero) is 1. The predicted octanol–water partition coefficient (Wildman–Crippen LogP) is 5.67. The maximum absolute atomic E-state index is 13.3. The van der Waals surface area contributed by atoms with Crippen molar-refractivity contribution in [3.8, 4) is 6.07 Å². The van der Waals surface area contributed by atoms with E-state index in [2.05, 4.69) is 21.6 Å². The van der Waals surface area contributed by atoms with Crippen LogP contribution in [0.2, 0.25) is 10.0 Å². The van der Waals surface area contributed by atoms with Crippen molar-refractivity contribution in [2.45, 2.75) is 29.5 Å². The second-order valence-electron chi connectivity index (χ2n) is 9.24. The van der Waals surface area contributed by atoms with E-state index in [0.717, 1.165) is 0 Å². The number of benzene rings is 2. The number of aromatic nitrogens is 2. The normalized spacial score (nSPS) is 16.7. The van der Waals surface area contributed by atoms with Crippen molar-refractivity contribution in [1.82, 2.24) is 10.2 Å². The van der Waals surface area contributed by atoms with Gasteiger partial charge in [0.15, 0.2) is 10.1 Å². The summed E-state index contributed by atoms with van der Waals surface area (Å²) in [6.07, 6.45) is 1.50. The van der Waals surface area contributed by atoms with Crippen molar-refractivity contribution < 1.29 is 19.1 Å². The Kier molecular flexibility index (Phi) is 8.84. The number of nitrogens with two attached hydrogens (primary N) is 1. The van der Waals surface area contributed by atoms with Crippen LogP contribution in [0.4, 0.5) is 10.8 Å². The van der Waals surface area contributed by atoms with Crippen molar-refractivity contribution in [1.29, 1.82) is 5.26 Å². The van der Waals surface area contributed by atoms with Gasteiger partial charge < -0.3 is 15.8 Å². The minimum absolute atomic E-state index is 0.0401. The number of carbonyl (C=O) groups excluding carboxylic acids is 3. The zero-order chi connectivity index (χ0) is 30.0. The molecule has 14 heteroatoms. The fourth-order valence-electron chi connectivity index (χ4n) is 4.82. The molecule has 3 aromatic rings. The molecule has 1 atom stereocenters. The second-order valence-corrected chi connectivity index (χ2v) is 12.3. The van der Waals surface area contributed by atoms with Gasteiger partial charge in [-0.15, -0.1) is 10.2 Å². The first-order chi connectivity index (χ1) is 20.2. The van der Waals surface area contributed by atoms with Gasteiger partial charge in [0.1, 0.15) is 5.82 Å². The number of nitriles is 1. The van der Waals surface area contributed by atoms with Crippen LogP contribution in [-0.2, 0) is 14.3 Å². The minimum atomic E-state index is -0.689. The number of esters is 1. The number of amides is 1. The molecule has 1 aromatic heterocycles. The maximum atomic E-state index is 13.3. The van der Waals surface area contributed by atoms with Crippen LogP contribution >= 0.6 is 46.3 Å². The number of hydrogen-bond donors (Lipinski definition) is 2. The van der Waals surface area contributed by atoms with Crippen LogP contribution in [0.5, 0.6) is 0 Å². The fourth-order valence-corrected chi connectivity index (χ4v) is 6.96. The standard InChI is InChI=1S/C28H22Cl2N6O4S2/c1-40-26(39)15-7-5-14(6-8-15)23-17(12-31)25(32)36(20-3-2-4-21(37)24(20)23)27-34-35-28(42-27)41-13-22(38)33-19-10-9-16(29)11-18(19)30/h5-11,23H,2-4,13,32H2,1H3,(H,33,38). The molecule has 0 radical (unpaired) electrons. The molecule has 0 saturated carbocycles. The Bertz CT molecular complexity index is 1700. The molecule has 0 spiro atoms. The highest BCUT2D eigenvalue weighted by atomic mass is 35.5. The van der Waals surface area contributed by atoms with Gasteiger partial charge in [-0.3, -0.25) is 14.5 Å². The average molecular weight is 642 g/mol. The van der Waals surface area contributed by atoms with E-state index < -0.39 is 11.9 Å². The third-order valence-corrected chi connectivity index (χ3v) is 9.29. The van der Waals surface area contributed by atoms with E-state index in [0.29, 0.717) is 66.9 Å². The predicted molar refractivity (Wildman–Crippen MR) is 161 cm³/mol. The van der Waals surface area contributed by atoms with E-state index in [1.54, 1.807) is 41.3 Å². The first-order valence-corrected chi connectivity index (χ1v) is 15.1. The van der Waals surface area contributed by atoms with Gasteiger partial charge in [0.2, 0.25) is 11.0 Å². The van der Waals surface area contributed by atoms with E-state index in [4.69, 9.17) is 33.7 Å². The molecule has 1 amide bonds. The molecule has 3 N–H and O–H groups in total. The lowest BCUT2D eigenvalue weighted by Crippen LogP contribution is -2.38. The first kappa shape index (κ1) is 29.6. The molecule has 0 fully saturated rings. The summed E-state index contributed by atoms with van der Waals surface area (Å²) in [5.41, 5.74) is 9.37. The Morgan fingerprint density at radius 3 is 2.67 bits per heavy atom. The fraction of sp³-hybridized carbons (Fsp3) is 0.214. The average Bonchev–Trinajstić information content (AvgIpc) is 3.45. The van der Waals surface area contributed by atoms with Gasteiger partial charge in [-0.25, -0.2) is 4.79 Å². The van der Waals surface area contributed by atoms with Crippen molar-refractivity contribution >= 4 is 74.8 Å². The molecular formula is C28H22Cl2N6O4S2. The Balaban J connectivity index is 1.41. The van der Waals surface area contributed by atoms with E-state index in [1.807, 2.05) is 0 Å². The number of methoxy groups -OCH3 is 1. The monoisotopic (exact) mass is 640 g/mol. The topological polar surface area (TPSA) is 151 Å². The number of hydrogen-bond acceptors (Lipinski definition) is 11. The molecule has 1 aliphatic heterocycles. The number of halogens is 2. The summed E-state index contributed by atoms with van der Waals surface area (Å²) in [4.78, 5) is 39.4. The summed E-state index contributed by atoms with van der Waals surface area (Å²) in [6.45, 7) is 0. The summed E-state index contributed by atoms with van der Waals surface area (Å²) in [7, 11) is 1.30. The molecule has 10 nitrogen and oxygen atoms in total. The lowest BCUT2D eigenvalue weighted by atomic mass is 9.75. The number of rotatable bonds is 7. The number of thioether (sulfide) groups is 1. The minimum Gasteiger partial charge on any atom is -0.465 e. The van der Waals surface area contributed by atoms with Gasteiger partial charge in [-0.2, -0.15) is 5.26 Å². The molecule has 1 unspecified atom stereocenters. The molecular weight excluding hydrogens is 619 g/mol. The van der Waals surface area contributed by atoms with E-state index in [1.165, 1.54) is 36.3 Å². The van der Waals surface area contributed by atoms with Crippen LogP contribution in [0.1, 0.15) is 41.1 Å². The third-order valence-electron chi connectivity index (χ3n) is 6.70. The van der Waals surface area contributed by atoms with Gasteiger partial charge in [0.25, 0.3) is 0 Å². The quantitative estimate of drug-likeness (QED) is 0.244. The van der Waals surface area contributed by atoms with Crippen molar-refractivity contribution in [3.63, 3.8) is 0 Å². The lowest BCUT2D eigenvalue weighted by molar-refractivity contribution is -0.116. The van der Waals surface area contributed by atoms with Crippen LogP contribution in [-0.4, -0.2) is 40.7 Å². The molecule has 2 aromatic carbocycles. The number of nitrogens with one attached hydrogen (secondary N) is 1. The summed E-state index contributed by atoms with van der Waals surface area (Å²) in [5.74, 6) is -1.37.